The number of hydrogen-bond acceptors (Lipinski definition) is 4. The molecule has 1 saturated heterocycles. The Hall–Kier alpha value is -1.43. The zero-order valence-electron chi connectivity index (χ0n) is 12.2. The lowest BCUT2D eigenvalue weighted by Gasteiger charge is -2.18. The summed E-state index contributed by atoms with van der Waals surface area (Å²) >= 11 is 1.54. The van der Waals surface area contributed by atoms with Crippen molar-refractivity contribution < 1.29 is 9.59 Å². The van der Waals surface area contributed by atoms with Crippen LogP contribution in [0.1, 0.15) is 31.0 Å². The molecule has 0 spiro atoms. The fourth-order valence-corrected chi connectivity index (χ4v) is 3.07. The number of thiazole rings is 1. The van der Waals surface area contributed by atoms with E-state index in [-0.39, 0.29) is 17.7 Å². The fraction of sp³-hybridized carbons (Fsp3) is 0.643. The molecule has 1 aliphatic heterocycles. The molecule has 2 heterocycles. The minimum absolute atomic E-state index is 0.0440. The van der Waals surface area contributed by atoms with E-state index in [0.717, 1.165) is 17.2 Å². The number of nitrogens with zero attached hydrogens (tertiary/aromatic N) is 2. The van der Waals surface area contributed by atoms with Crippen molar-refractivity contribution in [2.75, 3.05) is 13.1 Å². The van der Waals surface area contributed by atoms with E-state index in [0.29, 0.717) is 25.4 Å². The lowest BCUT2D eigenvalue weighted by Crippen LogP contribution is -2.33. The molecule has 1 atom stereocenters. The summed E-state index contributed by atoms with van der Waals surface area (Å²) < 4.78 is 0. The fourth-order valence-electron chi connectivity index (χ4n) is 2.36. The highest BCUT2D eigenvalue weighted by molar-refractivity contribution is 7.09. The van der Waals surface area contributed by atoms with Gasteiger partial charge in [0.2, 0.25) is 11.8 Å². The third-order valence-electron chi connectivity index (χ3n) is 3.25. The Bertz CT molecular complexity index is 498. The maximum atomic E-state index is 12.1. The molecule has 1 fully saturated rings. The maximum Gasteiger partial charge on any atom is 0.225 e. The van der Waals surface area contributed by atoms with Gasteiger partial charge in [-0.25, -0.2) is 4.98 Å². The number of likely N-dealkylation sites (tertiary alicyclic amines) is 1. The number of carbonyl (C=O) groups is 2. The number of amides is 2. The van der Waals surface area contributed by atoms with Crippen LogP contribution in [0.5, 0.6) is 0 Å². The van der Waals surface area contributed by atoms with Crippen LogP contribution in [0.15, 0.2) is 5.38 Å². The summed E-state index contributed by atoms with van der Waals surface area (Å²) in [6.07, 6.45) is 0.329. The van der Waals surface area contributed by atoms with Gasteiger partial charge < -0.3 is 10.2 Å². The van der Waals surface area contributed by atoms with E-state index in [2.05, 4.69) is 24.1 Å². The second kappa shape index (κ2) is 6.35. The van der Waals surface area contributed by atoms with E-state index >= 15 is 0 Å². The summed E-state index contributed by atoms with van der Waals surface area (Å²) in [6.45, 7) is 7.80. The predicted molar refractivity (Wildman–Crippen MR) is 78.2 cm³/mol. The van der Waals surface area contributed by atoms with Crippen molar-refractivity contribution >= 4 is 23.2 Å². The van der Waals surface area contributed by atoms with E-state index < -0.39 is 0 Å². The largest absolute Gasteiger partial charge is 0.349 e. The predicted octanol–water partition coefficient (Wildman–Crippen LogP) is 1.57. The van der Waals surface area contributed by atoms with Crippen LogP contribution in [0.3, 0.4) is 0 Å². The van der Waals surface area contributed by atoms with Crippen LogP contribution in [0, 0.1) is 18.8 Å². The zero-order valence-corrected chi connectivity index (χ0v) is 13.0. The van der Waals surface area contributed by atoms with Gasteiger partial charge in [-0.2, -0.15) is 0 Å². The molecule has 0 saturated carbocycles. The topological polar surface area (TPSA) is 62.3 Å². The summed E-state index contributed by atoms with van der Waals surface area (Å²) in [7, 11) is 0. The molecule has 2 amide bonds. The van der Waals surface area contributed by atoms with Crippen molar-refractivity contribution in [2.45, 2.75) is 33.7 Å². The first kappa shape index (κ1) is 15.0. The van der Waals surface area contributed by atoms with Gasteiger partial charge in [0.05, 0.1) is 12.5 Å². The van der Waals surface area contributed by atoms with Gasteiger partial charge in [0, 0.05) is 30.6 Å². The second-order valence-corrected chi connectivity index (χ2v) is 6.64. The van der Waals surface area contributed by atoms with Gasteiger partial charge >= 0.3 is 0 Å². The molecule has 0 unspecified atom stereocenters. The van der Waals surface area contributed by atoms with E-state index in [9.17, 15) is 9.59 Å². The molecule has 1 aromatic rings. The number of aryl methyl sites for hydroxylation is 1. The van der Waals surface area contributed by atoms with Gasteiger partial charge in [0.1, 0.15) is 5.01 Å². The average molecular weight is 295 g/mol. The Balaban J connectivity index is 1.83. The van der Waals surface area contributed by atoms with E-state index in [4.69, 9.17) is 0 Å². The normalized spacial score (nSPS) is 18.9. The Morgan fingerprint density at radius 3 is 2.95 bits per heavy atom. The van der Waals surface area contributed by atoms with Crippen LogP contribution in [0.4, 0.5) is 0 Å². The van der Waals surface area contributed by atoms with Crippen LogP contribution in [-0.2, 0) is 16.1 Å². The number of aromatic nitrogens is 1. The van der Waals surface area contributed by atoms with Crippen LogP contribution < -0.4 is 5.32 Å². The first-order chi connectivity index (χ1) is 9.45. The summed E-state index contributed by atoms with van der Waals surface area (Å²) in [5.74, 6) is 0.253. The SMILES string of the molecule is Cc1csc(CNC(=O)[C@H]2CC(=O)N(CC(C)C)C2)n1. The zero-order chi connectivity index (χ0) is 14.7. The number of rotatable bonds is 5. The molecule has 5 nitrogen and oxygen atoms in total. The van der Waals surface area contributed by atoms with Gasteiger partial charge in [-0.3, -0.25) is 9.59 Å². The molecule has 0 radical (unpaired) electrons. The van der Waals surface area contributed by atoms with Crippen molar-refractivity contribution in [1.82, 2.24) is 15.2 Å². The molecule has 6 heteroatoms. The van der Waals surface area contributed by atoms with Gasteiger partial charge in [0.25, 0.3) is 0 Å². The molecule has 2 rings (SSSR count). The molecule has 1 N–H and O–H groups in total. The minimum Gasteiger partial charge on any atom is -0.349 e. The molecule has 0 aromatic carbocycles. The van der Waals surface area contributed by atoms with Crippen LogP contribution >= 0.6 is 11.3 Å². The molecule has 1 aromatic heterocycles. The molecule has 0 bridgehead atoms. The van der Waals surface area contributed by atoms with Crippen molar-refractivity contribution in [3.8, 4) is 0 Å². The number of hydrogen-bond donors (Lipinski definition) is 1. The van der Waals surface area contributed by atoms with Crippen LogP contribution in [0.25, 0.3) is 0 Å². The molecular weight excluding hydrogens is 274 g/mol. The highest BCUT2D eigenvalue weighted by atomic mass is 32.1. The highest BCUT2D eigenvalue weighted by Crippen LogP contribution is 2.19. The van der Waals surface area contributed by atoms with Crippen molar-refractivity contribution in [3.63, 3.8) is 0 Å². The molecular formula is C14H21N3O2S. The van der Waals surface area contributed by atoms with E-state index in [1.165, 1.54) is 0 Å². The molecule has 20 heavy (non-hydrogen) atoms. The number of carbonyl (C=O) groups excluding carboxylic acids is 2. The first-order valence-corrected chi connectivity index (χ1v) is 7.80. The Morgan fingerprint density at radius 1 is 1.60 bits per heavy atom. The minimum atomic E-state index is -0.220. The smallest absolute Gasteiger partial charge is 0.225 e. The standard InChI is InChI=1S/C14H21N3O2S/c1-9(2)6-17-7-11(4-13(17)18)14(19)15-5-12-16-10(3)8-20-12/h8-9,11H,4-7H2,1-3H3,(H,15,19)/t11-/m0/s1. The Kier molecular flexibility index (Phi) is 4.75. The van der Waals surface area contributed by atoms with Crippen molar-refractivity contribution in [1.29, 1.82) is 0 Å². The molecule has 110 valence electrons. The van der Waals surface area contributed by atoms with Gasteiger partial charge in [-0.05, 0) is 12.8 Å². The lowest BCUT2D eigenvalue weighted by atomic mass is 10.1. The summed E-state index contributed by atoms with van der Waals surface area (Å²) in [6, 6.07) is 0. The van der Waals surface area contributed by atoms with Crippen molar-refractivity contribution in [2.24, 2.45) is 11.8 Å². The summed E-state index contributed by atoms with van der Waals surface area (Å²) in [4.78, 5) is 30.0. The summed E-state index contributed by atoms with van der Waals surface area (Å²) in [5, 5.41) is 5.74. The summed E-state index contributed by atoms with van der Waals surface area (Å²) in [5.41, 5.74) is 0.971. The monoisotopic (exact) mass is 295 g/mol. The Labute approximate surface area is 123 Å². The third kappa shape index (κ3) is 3.79. The molecule has 1 aliphatic rings. The van der Waals surface area contributed by atoms with E-state index in [1.54, 1.807) is 16.2 Å². The Morgan fingerprint density at radius 2 is 2.35 bits per heavy atom. The first-order valence-electron chi connectivity index (χ1n) is 6.92. The second-order valence-electron chi connectivity index (χ2n) is 5.69. The maximum absolute atomic E-state index is 12.1. The van der Waals surface area contributed by atoms with E-state index in [1.807, 2.05) is 12.3 Å². The third-order valence-corrected chi connectivity index (χ3v) is 4.22. The van der Waals surface area contributed by atoms with Gasteiger partial charge in [-0.1, -0.05) is 13.8 Å². The highest BCUT2D eigenvalue weighted by Gasteiger charge is 2.34. The van der Waals surface area contributed by atoms with Crippen LogP contribution in [-0.4, -0.2) is 34.8 Å². The van der Waals surface area contributed by atoms with Crippen molar-refractivity contribution in [3.05, 3.63) is 16.1 Å². The lowest BCUT2D eigenvalue weighted by molar-refractivity contribution is -0.129. The van der Waals surface area contributed by atoms with Gasteiger partial charge in [-0.15, -0.1) is 11.3 Å². The van der Waals surface area contributed by atoms with Crippen LogP contribution in [0.2, 0.25) is 0 Å². The van der Waals surface area contributed by atoms with Gasteiger partial charge in [0.15, 0.2) is 0 Å². The quantitative estimate of drug-likeness (QED) is 0.897. The number of nitrogens with one attached hydrogen (secondary N) is 1. The average Bonchev–Trinajstić information content (AvgIpc) is 2.93. The molecule has 0 aliphatic carbocycles.